The molecule has 116 valence electrons. The average Bonchev–Trinajstić information content (AvgIpc) is 2.87. The molecule has 0 unspecified atom stereocenters. The van der Waals surface area contributed by atoms with Gasteiger partial charge in [0.15, 0.2) is 5.16 Å². The second-order valence-electron chi connectivity index (χ2n) is 4.24. The molecular weight excluding hydrogens is 304 g/mol. The van der Waals surface area contributed by atoms with Crippen LogP contribution in [0.3, 0.4) is 0 Å². The number of aromatic nitrogens is 2. The molecule has 0 fully saturated rings. The highest BCUT2D eigenvalue weighted by molar-refractivity contribution is 7.99. The third kappa shape index (κ3) is 4.26. The van der Waals surface area contributed by atoms with Crippen LogP contribution < -0.4 is 11.2 Å². The summed E-state index contributed by atoms with van der Waals surface area (Å²) < 4.78 is 5.98. The maximum Gasteiger partial charge on any atom is 0.413 e. The van der Waals surface area contributed by atoms with E-state index in [4.69, 9.17) is 5.84 Å². The second-order valence-corrected chi connectivity index (χ2v) is 5.18. The van der Waals surface area contributed by atoms with Crippen molar-refractivity contribution in [1.29, 1.82) is 0 Å². The summed E-state index contributed by atoms with van der Waals surface area (Å²) in [5, 5.41) is 2.59. The maximum absolute atomic E-state index is 11.6. The Bertz CT molecular complexity index is 657. The Balaban J connectivity index is 1.95. The molecule has 0 saturated carbocycles. The van der Waals surface area contributed by atoms with E-state index in [9.17, 15) is 9.59 Å². The van der Waals surface area contributed by atoms with Gasteiger partial charge in [-0.15, -0.1) is 0 Å². The lowest BCUT2D eigenvalue weighted by Crippen LogP contribution is -2.32. The zero-order valence-electron chi connectivity index (χ0n) is 12.0. The van der Waals surface area contributed by atoms with Gasteiger partial charge in [0.1, 0.15) is 0 Å². The molecule has 1 aromatic heterocycles. The Morgan fingerprint density at radius 3 is 2.77 bits per heavy atom. The van der Waals surface area contributed by atoms with Crippen LogP contribution >= 0.6 is 11.8 Å². The predicted octanol–water partition coefficient (Wildman–Crippen LogP) is 1.63. The van der Waals surface area contributed by atoms with Crippen LogP contribution in [0.1, 0.15) is 6.92 Å². The molecule has 1 heterocycles. The highest BCUT2D eigenvalue weighted by Gasteiger charge is 2.12. The molecule has 0 saturated heterocycles. The lowest BCUT2D eigenvalue weighted by Gasteiger charge is -2.03. The minimum Gasteiger partial charge on any atom is -0.450 e. The van der Waals surface area contributed by atoms with Crippen LogP contribution in [0.25, 0.3) is 11.3 Å². The van der Waals surface area contributed by atoms with Crippen molar-refractivity contribution >= 4 is 23.8 Å². The molecule has 2 amide bonds. The number of nitrogen functional groups attached to an aromatic ring is 1. The molecule has 0 aliphatic rings. The Kier molecular flexibility index (Phi) is 5.42. The van der Waals surface area contributed by atoms with Crippen LogP contribution in [0, 0.1) is 0 Å². The molecular formula is C14H16N4O3S. The second kappa shape index (κ2) is 7.51. The zero-order valence-corrected chi connectivity index (χ0v) is 12.8. The summed E-state index contributed by atoms with van der Waals surface area (Å²) in [6.07, 6.45) is 0.926. The van der Waals surface area contributed by atoms with Crippen molar-refractivity contribution in [2.24, 2.45) is 0 Å². The van der Waals surface area contributed by atoms with E-state index in [1.54, 1.807) is 13.1 Å². The standard InChI is InChI=1S/C14H16N4O3S/c1-2-21-14(20)17-12(19)9-22-13-16-11(8-18(13)15)10-6-4-3-5-7-10/h3-8H,2,9,15H2,1H3,(H,17,19,20). The van der Waals surface area contributed by atoms with Gasteiger partial charge in [0.2, 0.25) is 5.91 Å². The topological polar surface area (TPSA) is 99.2 Å². The minimum absolute atomic E-state index is 0.0151. The number of carbonyl (C=O) groups is 2. The molecule has 8 heteroatoms. The quantitative estimate of drug-likeness (QED) is 0.641. The first-order chi connectivity index (χ1) is 10.6. The third-order valence-electron chi connectivity index (χ3n) is 2.62. The monoisotopic (exact) mass is 320 g/mol. The summed E-state index contributed by atoms with van der Waals surface area (Å²) in [6.45, 7) is 1.87. The largest absolute Gasteiger partial charge is 0.450 e. The summed E-state index contributed by atoms with van der Waals surface area (Å²) in [5.41, 5.74) is 1.65. The summed E-state index contributed by atoms with van der Waals surface area (Å²) in [7, 11) is 0. The van der Waals surface area contributed by atoms with Gasteiger partial charge in [0.25, 0.3) is 0 Å². The van der Waals surface area contributed by atoms with E-state index in [1.807, 2.05) is 30.3 Å². The smallest absolute Gasteiger partial charge is 0.413 e. The van der Waals surface area contributed by atoms with E-state index in [0.29, 0.717) is 5.16 Å². The molecule has 2 aromatic rings. The number of hydrogen-bond acceptors (Lipinski definition) is 6. The Morgan fingerprint density at radius 2 is 2.09 bits per heavy atom. The van der Waals surface area contributed by atoms with Crippen molar-refractivity contribution in [3.63, 3.8) is 0 Å². The van der Waals surface area contributed by atoms with E-state index < -0.39 is 12.0 Å². The van der Waals surface area contributed by atoms with Crippen LogP contribution in [0.5, 0.6) is 0 Å². The highest BCUT2D eigenvalue weighted by atomic mass is 32.2. The van der Waals surface area contributed by atoms with E-state index in [0.717, 1.165) is 23.0 Å². The van der Waals surface area contributed by atoms with Gasteiger partial charge in [-0.3, -0.25) is 10.1 Å². The van der Waals surface area contributed by atoms with E-state index in [2.05, 4.69) is 15.0 Å². The number of ether oxygens (including phenoxy) is 1. The average molecular weight is 320 g/mol. The molecule has 3 N–H and O–H groups in total. The number of nitrogens with zero attached hydrogens (tertiary/aromatic N) is 2. The highest BCUT2D eigenvalue weighted by Crippen LogP contribution is 2.22. The van der Waals surface area contributed by atoms with Gasteiger partial charge in [-0.2, -0.15) is 0 Å². The number of imide groups is 1. The number of amides is 2. The van der Waals surface area contributed by atoms with E-state index in [-0.39, 0.29) is 12.4 Å². The normalized spacial score (nSPS) is 10.2. The number of carbonyl (C=O) groups excluding carboxylic acids is 2. The van der Waals surface area contributed by atoms with Gasteiger partial charge in [0.05, 0.1) is 24.3 Å². The summed E-state index contributed by atoms with van der Waals surface area (Å²) in [5.74, 6) is 5.37. The predicted molar refractivity (Wildman–Crippen MR) is 83.7 cm³/mol. The van der Waals surface area contributed by atoms with Gasteiger partial charge < -0.3 is 10.6 Å². The Hall–Kier alpha value is -2.48. The number of imidazole rings is 1. The van der Waals surface area contributed by atoms with Gasteiger partial charge in [-0.1, -0.05) is 42.1 Å². The van der Waals surface area contributed by atoms with Crippen LogP contribution in [-0.2, 0) is 9.53 Å². The summed E-state index contributed by atoms with van der Waals surface area (Å²) in [4.78, 5) is 27.1. The van der Waals surface area contributed by atoms with Crippen molar-refractivity contribution in [1.82, 2.24) is 15.0 Å². The SMILES string of the molecule is CCOC(=O)NC(=O)CSc1nc(-c2ccccc2)cn1N. The summed E-state index contributed by atoms with van der Waals surface area (Å²) >= 11 is 1.14. The first kappa shape index (κ1) is 15.9. The Morgan fingerprint density at radius 1 is 1.36 bits per heavy atom. The van der Waals surface area contributed by atoms with Crippen molar-refractivity contribution < 1.29 is 14.3 Å². The fourth-order valence-electron chi connectivity index (χ4n) is 1.68. The first-order valence-corrected chi connectivity index (χ1v) is 7.58. The number of thioether (sulfide) groups is 1. The number of nitrogens with one attached hydrogen (secondary N) is 1. The maximum atomic E-state index is 11.6. The van der Waals surface area contributed by atoms with Crippen molar-refractivity contribution in [2.45, 2.75) is 12.1 Å². The lowest BCUT2D eigenvalue weighted by atomic mass is 10.2. The molecule has 1 aromatic carbocycles. The first-order valence-electron chi connectivity index (χ1n) is 6.59. The van der Waals surface area contributed by atoms with Crippen molar-refractivity contribution in [3.05, 3.63) is 36.5 Å². The van der Waals surface area contributed by atoms with Crippen LogP contribution in [-0.4, -0.2) is 34.0 Å². The molecule has 0 aliphatic heterocycles. The Labute approximate surface area is 131 Å². The molecule has 0 atom stereocenters. The zero-order chi connectivity index (χ0) is 15.9. The van der Waals surface area contributed by atoms with Gasteiger partial charge >= 0.3 is 6.09 Å². The number of hydrogen-bond donors (Lipinski definition) is 2. The molecule has 22 heavy (non-hydrogen) atoms. The van der Waals surface area contributed by atoms with Crippen LogP contribution in [0.15, 0.2) is 41.7 Å². The van der Waals surface area contributed by atoms with Crippen molar-refractivity contribution in [2.75, 3.05) is 18.2 Å². The fraction of sp³-hybridized carbons (Fsp3) is 0.214. The molecule has 0 aliphatic carbocycles. The fourth-order valence-corrected chi connectivity index (χ4v) is 2.38. The van der Waals surface area contributed by atoms with Gasteiger partial charge in [-0.05, 0) is 6.92 Å². The van der Waals surface area contributed by atoms with Crippen LogP contribution in [0.2, 0.25) is 0 Å². The number of nitrogens with two attached hydrogens (primary N) is 1. The van der Waals surface area contributed by atoms with Crippen LogP contribution in [0.4, 0.5) is 4.79 Å². The van der Waals surface area contributed by atoms with E-state index >= 15 is 0 Å². The lowest BCUT2D eigenvalue weighted by molar-refractivity contribution is -0.117. The molecule has 7 nitrogen and oxygen atoms in total. The van der Waals surface area contributed by atoms with Gasteiger partial charge in [0, 0.05) is 5.56 Å². The number of alkyl carbamates (subject to hydrolysis) is 1. The molecule has 2 rings (SSSR count). The number of benzene rings is 1. The molecule has 0 radical (unpaired) electrons. The summed E-state index contributed by atoms with van der Waals surface area (Å²) in [6, 6.07) is 9.57. The molecule has 0 bridgehead atoms. The third-order valence-corrected chi connectivity index (χ3v) is 3.58. The van der Waals surface area contributed by atoms with Crippen molar-refractivity contribution in [3.8, 4) is 11.3 Å². The number of rotatable bonds is 5. The molecule has 0 spiro atoms. The minimum atomic E-state index is -0.755. The van der Waals surface area contributed by atoms with E-state index in [1.165, 1.54) is 4.68 Å². The van der Waals surface area contributed by atoms with Gasteiger partial charge in [-0.25, -0.2) is 14.5 Å².